The molecule has 2 atom stereocenters. The van der Waals surface area contributed by atoms with Crippen molar-refractivity contribution in [1.82, 2.24) is 0 Å². The first-order valence-electron chi connectivity index (χ1n) is 5.82. The minimum Gasteiger partial charge on any atom is -0.460 e. The molecule has 0 aromatic carbocycles. The number of hydrogen-bond acceptors (Lipinski definition) is 2. The van der Waals surface area contributed by atoms with Gasteiger partial charge in [0.2, 0.25) is 6.43 Å². The number of ether oxygens (including phenoxy) is 1. The van der Waals surface area contributed by atoms with Crippen LogP contribution in [0.3, 0.4) is 0 Å². The highest BCUT2D eigenvalue weighted by atomic mass is 19.3. The standard InChI is InChI=1S/C12H20F2O2/c1-12(2,3)16-11(15)9-7-5-4-6-8(9)10(13)14/h8-10H,4-7H2,1-3H3/t8-,9+/m0/s1. The van der Waals surface area contributed by atoms with Gasteiger partial charge in [0.25, 0.3) is 0 Å². The van der Waals surface area contributed by atoms with E-state index in [4.69, 9.17) is 4.74 Å². The summed E-state index contributed by atoms with van der Waals surface area (Å²) >= 11 is 0. The van der Waals surface area contributed by atoms with E-state index < -0.39 is 29.8 Å². The van der Waals surface area contributed by atoms with Gasteiger partial charge in [0.15, 0.2) is 0 Å². The molecule has 0 spiro atoms. The number of halogens is 2. The molecule has 1 aliphatic rings. The first-order valence-corrected chi connectivity index (χ1v) is 5.82. The van der Waals surface area contributed by atoms with Gasteiger partial charge in [0, 0.05) is 5.92 Å². The van der Waals surface area contributed by atoms with Crippen LogP contribution in [0.5, 0.6) is 0 Å². The van der Waals surface area contributed by atoms with Gasteiger partial charge in [0.1, 0.15) is 5.60 Å². The third-order valence-electron chi connectivity index (χ3n) is 2.85. The number of carbonyl (C=O) groups is 1. The Balaban J connectivity index is 2.64. The van der Waals surface area contributed by atoms with Crippen LogP contribution < -0.4 is 0 Å². The molecule has 0 heterocycles. The molecular weight excluding hydrogens is 214 g/mol. The van der Waals surface area contributed by atoms with E-state index in [1.165, 1.54) is 0 Å². The molecule has 0 radical (unpaired) electrons. The van der Waals surface area contributed by atoms with Gasteiger partial charge in [-0.15, -0.1) is 0 Å². The van der Waals surface area contributed by atoms with Crippen molar-refractivity contribution < 1.29 is 18.3 Å². The summed E-state index contributed by atoms with van der Waals surface area (Å²) in [7, 11) is 0. The third-order valence-corrected chi connectivity index (χ3v) is 2.85. The fourth-order valence-corrected chi connectivity index (χ4v) is 2.13. The van der Waals surface area contributed by atoms with Crippen molar-refractivity contribution in [3.8, 4) is 0 Å². The first-order chi connectivity index (χ1) is 7.31. The molecule has 1 fully saturated rings. The quantitative estimate of drug-likeness (QED) is 0.684. The van der Waals surface area contributed by atoms with Crippen LogP contribution in [-0.4, -0.2) is 18.0 Å². The minimum absolute atomic E-state index is 0.432. The number of esters is 1. The maximum Gasteiger partial charge on any atom is 0.309 e. The highest BCUT2D eigenvalue weighted by Gasteiger charge is 2.38. The number of alkyl halides is 2. The Kier molecular flexibility index (Phi) is 4.28. The van der Waals surface area contributed by atoms with Crippen LogP contribution in [0.1, 0.15) is 46.5 Å². The van der Waals surface area contributed by atoms with Crippen LogP contribution in [-0.2, 0) is 9.53 Å². The van der Waals surface area contributed by atoms with Crippen LogP contribution in [0.15, 0.2) is 0 Å². The second-order valence-corrected chi connectivity index (χ2v) is 5.42. The summed E-state index contributed by atoms with van der Waals surface area (Å²) in [5, 5.41) is 0. The normalized spacial score (nSPS) is 26.9. The predicted octanol–water partition coefficient (Wildman–Crippen LogP) is 3.40. The SMILES string of the molecule is CC(C)(C)OC(=O)[C@@H]1CCCC[C@@H]1C(F)F. The van der Waals surface area contributed by atoms with Crippen LogP contribution in [0.25, 0.3) is 0 Å². The molecule has 0 unspecified atom stereocenters. The lowest BCUT2D eigenvalue weighted by Gasteiger charge is -2.31. The van der Waals surface area contributed by atoms with E-state index in [-0.39, 0.29) is 0 Å². The van der Waals surface area contributed by atoms with Crippen molar-refractivity contribution in [2.75, 3.05) is 0 Å². The van der Waals surface area contributed by atoms with E-state index in [0.717, 1.165) is 12.8 Å². The molecule has 94 valence electrons. The summed E-state index contributed by atoms with van der Waals surface area (Å²) in [6.07, 6.45) is 0.172. The Morgan fingerprint density at radius 3 is 2.31 bits per heavy atom. The van der Waals surface area contributed by atoms with Crippen LogP contribution in [0, 0.1) is 11.8 Å². The van der Waals surface area contributed by atoms with Gasteiger partial charge >= 0.3 is 5.97 Å². The summed E-state index contributed by atoms with van der Waals surface area (Å²) in [6, 6.07) is 0. The Morgan fingerprint density at radius 2 is 1.81 bits per heavy atom. The van der Waals surface area contributed by atoms with E-state index in [1.54, 1.807) is 20.8 Å². The lowest BCUT2D eigenvalue weighted by atomic mass is 9.79. The van der Waals surface area contributed by atoms with Crippen LogP contribution in [0.4, 0.5) is 8.78 Å². The Morgan fingerprint density at radius 1 is 1.25 bits per heavy atom. The van der Waals surface area contributed by atoms with Gasteiger partial charge in [-0.1, -0.05) is 12.8 Å². The number of carbonyl (C=O) groups excluding carboxylic acids is 1. The molecule has 0 amide bonds. The van der Waals surface area contributed by atoms with Crippen molar-refractivity contribution in [1.29, 1.82) is 0 Å². The van der Waals surface area contributed by atoms with Gasteiger partial charge in [-0.05, 0) is 33.6 Å². The smallest absolute Gasteiger partial charge is 0.309 e. The molecule has 1 rings (SSSR count). The molecule has 0 aromatic heterocycles. The summed E-state index contributed by atoms with van der Waals surface area (Å²) in [5.41, 5.74) is -0.596. The summed E-state index contributed by atoms with van der Waals surface area (Å²) in [5.74, 6) is -1.89. The number of rotatable bonds is 2. The lowest BCUT2D eigenvalue weighted by Crippen LogP contribution is -2.36. The zero-order valence-corrected chi connectivity index (χ0v) is 10.1. The lowest BCUT2D eigenvalue weighted by molar-refractivity contribution is -0.166. The van der Waals surface area contributed by atoms with Gasteiger partial charge in [-0.25, -0.2) is 8.78 Å². The second kappa shape index (κ2) is 5.11. The monoisotopic (exact) mass is 234 g/mol. The van der Waals surface area contributed by atoms with Crippen molar-refractivity contribution in [2.45, 2.75) is 58.5 Å². The molecule has 1 aliphatic carbocycles. The Bertz CT molecular complexity index is 246. The zero-order chi connectivity index (χ0) is 12.3. The molecule has 16 heavy (non-hydrogen) atoms. The first kappa shape index (κ1) is 13.4. The molecular formula is C12H20F2O2. The third kappa shape index (κ3) is 3.72. The topological polar surface area (TPSA) is 26.3 Å². The Labute approximate surface area is 95.4 Å². The maximum atomic E-state index is 12.8. The highest BCUT2D eigenvalue weighted by Crippen LogP contribution is 2.35. The Hall–Kier alpha value is -0.670. The van der Waals surface area contributed by atoms with E-state index >= 15 is 0 Å². The van der Waals surface area contributed by atoms with E-state index in [2.05, 4.69) is 0 Å². The predicted molar refractivity (Wildman–Crippen MR) is 57.3 cm³/mol. The average Bonchev–Trinajstić information content (AvgIpc) is 2.15. The van der Waals surface area contributed by atoms with E-state index in [9.17, 15) is 13.6 Å². The molecule has 0 N–H and O–H groups in total. The van der Waals surface area contributed by atoms with Gasteiger partial charge in [-0.2, -0.15) is 0 Å². The summed E-state index contributed by atoms with van der Waals surface area (Å²) < 4.78 is 30.7. The number of hydrogen-bond donors (Lipinski definition) is 0. The molecule has 4 heteroatoms. The summed E-state index contributed by atoms with van der Waals surface area (Å²) in [4.78, 5) is 11.8. The molecule has 2 nitrogen and oxygen atoms in total. The maximum absolute atomic E-state index is 12.8. The molecule has 0 bridgehead atoms. The van der Waals surface area contributed by atoms with Gasteiger partial charge in [0.05, 0.1) is 5.92 Å². The fourth-order valence-electron chi connectivity index (χ4n) is 2.13. The molecule has 0 saturated heterocycles. The molecule has 1 saturated carbocycles. The van der Waals surface area contributed by atoms with Gasteiger partial charge in [-0.3, -0.25) is 4.79 Å². The minimum atomic E-state index is -2.42. The van der Waals surface area contributed by atoms with Crippen molar-refractivity contribution >= 4 is 5.97 Å². The van der Waals surface area contributed by atoms with Crippen molar-refractivity contribution in [3.05, 3.63) is 0 Å². The van der Waals surface area contributed by atoms with Crippen LogP contribution in [0.2, 0.25) is 0 Å². The van der Waals surface area contributed by atoms with Gasteiger partial charge < -0.3 is 4.74 Å². The van der Waals surface area contributed by atoms with Crippen molar-refractivity contribution in [2.24, 2.45) is 11.8 Å². The largest absolute Gasteiger partial charge is 0.460 e. The highest BCUT2D eigenvalue weighted by molar-refractivity contribution is 5.73. The zero-order valence-electron chi connectivity index (χ0n) is 10.1. The average molecular weight is 234 g/mol. The van der Waals surface area contributed by atoms with E-state index in [0.29, 0.717) is 12.8 Å². The van der Waals surface area contributed by atoms with Crippen molar-refractivity contribution in [3.63, 3.8) is 0 Å². The fraction of sp³-hybridized carbons (Fsp3) is 0.917. The summed E-state index contributed by atoms with van der Waals surface area (Å²) in [6.45, 7) is 5.27. The van der Waals surface area contributed by atoms with E-state index in [1.807, 2.05) is 0 Å². The molecule has 0 aromatic rings. The molecule has 0 aliphatic heterocycles. The second-order valence-electron chi connectivity index (χ2n) is 5.42. The van der Waals surface area contributed by atoms with Crippen LogP contribution >= 0.6 is 0 Å².